The van der Waals surface area contributed by atoms with Crippen molar-refractivity contribution in [3.05, 3.63) is 60.4 Å². The summed E-state index contributed by atoms with van der Waals surface area (Å²) in [7, 11) is 2.81. The number of amides is 2. The molecule has 33 heavy (non-hydrogen) atoms. The molecule has 0 aliphatic heterocycles. The van der Waals surface area contributed by atoms with Crippen molar-refractivity contribution >= 4 is 33.7 Å². The number of alkyl halides is 1. The highest BCUT2D eigenvalue weighted by molar-refractivity contribution is 6.01. The first kappa shape index (κ1) is 22.0. The summed E-state index contributed by atoms with van der Waals surface area (Å²) < 4.78 is 25.2. The van der Waals surface area contributed by atoms with E-state index in [2.05, 4.69) is 15.8 Å². The van der Waals surface area contributed by atoms with Crippen molar-refractivity contribution in [3.63, 3.8) is 0 Å². The average Bonchev–Trinajstić information content (AvgIpc) is 3.25. The van der Waals surface area contributed by atoms with E-state index in [9.17, 15) is 14.0 Å². The first-order valence-corrected chi connectivity index (χ1v) is 9.99. The number of aromatic nitrogens is 2. The number of benzene rings is 2. The lowest BCUT2D eigenvalue weighted by Gasteiger charge is -2.13. The number of carbonyl (C=O) groups excluding carboxylic acids is 2. The van der Waals surface area contributed by atoms with Crippen LogP contribution < -0.4 is 20.3 Å². The van der Waals surface area contributed by atoms with Crippen LogP contribution in [0.2, 0.25) is 0 Å². The third kappa shape index (κ3) is 4.41. The number of carbonyl (C=O) groups is 2. The second kappa shape index (κ2) is 9.53. The van der Waals surface area contributed by atoms with Crippen LogP contribution >= 0.6 is 0 Å². The minimum Gasteiger partial charge on any atom is -0.496 e. The minimum absolute atomic E-state index is 0.0516. The van der Waals surface area contributed by atoms with E-state index in [4.69, 9.17) is 14.3 Å². The molecular weight excluding hydrogens is 431 g/mol. The lowest BCUT2D eigenvalue weighted by atomic mass is 10.1. The van der Waals surface area contributed by atoms with Crippen LogP contribution in [0.5, 0.6) is 17.2 Å². The number of methoxy groups -OCH3 is 1. The van der Waals surface area contributed by atoms with Gasteiger partial charge in [-0.2, -0.15) is 0 Å². The van der Waals surface area contributed by atoms with Crippen LogP contribution in [-0.4, -0.2) is 48.9 Å². The van der Waals surface area contributed by atoms with Gasteiger partial charge in [0.05, 0.1) is 30.8 Å². The van der Waals surface area contributed by atoms with Gasteiger partial charge in [0.25, 0.3) is 5.91 Å². The Hall–Kier alpha value is -4.18. The number of pyridine rings is 1. The van der Waals surface area contributed by atoms with Gasteiger partial charge in [-0.15, -0.1) is 0 Å². The Kier molecular flexibility index (Phi) is 6.36. The van der Waals surface area contributed by atoms with Crippen molar-refractivity contribution < 1.29 is 28.3 Å². The summed E-state index contributed by atoms with van der Waals surface area (Å²) in [6.45, 7) is -0.687. The maximum Gasteiger partial charge on any atom is 0.326 e. The van der Waals surface area contributed by atoms with Crippen LogP contribution in [0, 0.1) is 0 Å². The summed E-state index contributed by atoms with van der Waals surface area (Å²) in [6, 6.07) is 11.5. The summed E-state index contributed by atoms with van der Waals surface area (Å²) in [5, 5.41) is 3.86. The molecule has 2 aromatic heterocycles. The van der Waals surface area contributed by atoms with Crippen molar-refractivity contribution in [2.45, 2.75) is 0 Å². The zero-order valence-corrected chi connectivity index (χ0v) is 17.9. The Labute approximate surface area is 188 Å². The van der Waals surface area contributed by atoms with E-state index in [1.54, 1.807) is 54.9 Å². The fourth-order valence-corrected chi connectivity index (χ4v) is 3.46. The molecule has 0 aliphatic carbocycles. The van der Waals surface area contributed by atoms with Gasteiger partial charge < -0.3 is 14.8 Å². The normalized spacial score (nSPS) is 10.9. The predicted octanol–water partition coefficient (Wildman–Crippen LogP) is 3.81. The molecule has 0 unspecified atom stereocenters. The van der Waals surface area contributed by atoms with Gasteiger partial charge in [0.1, 0.15) is 23.9 Å². The molecule has 4 rings (SSSR count). The Morgan fingerprint density at radius 1 is 1.09 bits per heavy atom. The second-order valence-electron chi connectivity index (χ2n) is 6.94. The van der Waals surface area contributed by atoms with E-state index in [-0.39, 0.29) is 12.1 Å². The topological polar surface area (TPSA) is 104 Å². The first-order chi connectivity index (χ1) is 16.0. The number of halogens is 1. The third-order valence-electron chi connectivity index (χ3n) is 4.94. The molecule has 2 heterocycles. The molecule has 0 spiro atoms. The van der Waals surface area contributed by atoms with Gasteiger partial charge in [0, 0.05) is 35.8 Å². The molecule has 0 saturated carbocycles. The molecule has 0 radical (unpaired) electrons. The fourth-order valence-electron chi connectivity index (χ4n) is 3.46. The van der Waals surface area contributed by atoms with Crippen molar-refractivity contribution in [1.29, 1.82) is 0 Å². The number of nitrogens with one attached hydrogen (secondary N) is 2. The quantitative estimate of drug-likeness (QED) is 0.414. The lowest BCUT2D eigenvalue weighted by molar-refractivity contribution is 0.0535. The Morgan fingerprint density at radius 2 is 1.94 bits per heavy atom. The first-order valence-electron chi connectivity index (χ1n) is 9.99. The van der Waals surface area contributed by atoms with E-state index in [0.717, 1.165) is 5.39 Å². The van der Waals surface area contributed by atoms with Crippen LogP contribution in [0.3, 0.4) is 0 Å². The van der Waals surface area contributed by atoms with E-state index < -0.39 is 18.6 Å². The van der Waals surface area contributed by atoms with E-state index in [1.165, 1.54) is 18.8 Å². The molecule has 2 N–H and O–H groups in total. The molecule has 10 heteroatoms. The van der Waals surface area contributed by atoms with Gasteiger partial charge >= 0.3 is 6.03 Å². The zero-order chi connectivity index (χ0) is 23.4. The second-order valence-corrected chi connectivity index (χ2v) is 6.94. The number of ether oxygens (including phenoxy) is 2. The maximum absolute atomic E-state index is 12.4. The van der Waals surface area contributed by atoms with Gasteiger partial charge in [0.15, 0.2) is 0 Å². The van der Waals surface area contributed by atoms with Gasteiger partial charge in [-0.1, -0.05) is 0 Å². The highest BCUT2D eigenvalue weighted by atomic mass is 19.1. The third-order valence-corrected chi connectivity index (χ3v) is 4.94. The molecule has 0 saturated heterocycles. The van der Waals surface area contributed by atoms with Crippen molar-refractivity contribution in [3.8, 4) is 17.2 Å². The number of hydrogen-bond acceptors (Lipinski definition) is 6. The number of hydrogen-bond donors (Lipinski definition) is 2. The standard InChI is InChI=1S/C23H21FN4O5/c1-31-21-13-18-16(12-17(21)22(29)27-32-2)20(5-8-25-18)33-15-3-4-19-14(11-15)6-10-28(19)23(30)26-9-7-24/h3-6,8,10-13H,7,9H2,1-2H3,(H,26,30)(H,27,29). The fraction of sp³-hybridized carbons (Fsp3) is 0.174. The smallest absolute Gasteiger partial charge is 0.326 e. The highest BCUT2D eigenvalue weighted by Crippen LogP contribution is 2.34. The monoisotopic (exact) mass is 452 g/mol. The van der Waals surface area contributed by atoms with Crippen molar-refractivity contribution in [1.82, 2.24) is 20.3 Å². The van der Waals surface area contributed by atoms with E-state index in [1.807, 2.05) is 0 Å². The maximum atomic E-state index is 12.4. The molecule has 170 valence electrons. The number of fused-ring (bicyclic) bond motifs is 2. The summed E-state index contributed by atoms with van der Waals surface area (Å²) in [4.78, 5) is 33.6. The predicted molar refractivity (Wildman–Crippen MR) is 120 cm³/mol. The summed E-state index contributed by atoms with van der Waals surface area (Å²) in [5.74, 6) is 0.875. The van der Waals surface area contributed by atoms with Crippen molar-refractivity contribution in [2.75, 3.05) is 27.4 Å². The van der Waals surface area contributed by atoms with Gasteiger partial charge in [0.2, 0.25) is 0 Å². The number of hydroxylamine groups is 1. The average molecular weight is 452 g/mol. The van der Waals surface area contributed by atoms with Crippen LogP contribution in [0.25, 0.3) is 21.8 Å². The van der Waals surface area contributed by atoms with Gasteiger partial charge in [-0.05, 0) is 36.4 Å². The van der Waals surface area contributed by atoms with Gasteiger partial charge in [-0.3, -0.25) is 19.2 Å². The minimum atomic E-state index is -0.635. The molecule has 0 bridgehead atoms. The molecule has 9 nitrogen and oxygen atoms in total. The van der Waals surface area contributed by atoms with Crippen LogP contribution in [0.1, 0.15) is 10.4 Å². The molecule has 0 aliphatic rings. The molecule has 0 fully saturated rings. The van der Waals surface area contributed by atoms with Crippen molar-refractivity contribution in [2.24, 2.45) is 0 Å². The molecular formula is C23H21FN4O5. The zero-order valence-electron chi connectivity index (χ0n) is 17.9. The molecule has 2 amide bonds. The lowest BCUT2D eigenvalue weighted by Crippen LogP contribution is -2.29. The largest absolute Gasteiger partial charge is 0.496 e. The van der Waals surface area contributed by atoms with Crippen LogP contribution in [0.15, 0.2) is 54.9 Å². The molecule has 0 atom stereocenters. The molecule has 4 aromatic rings. The van der Waals surface area contributed by atoms with Crippen LogP contribution in [0.4, 0.5) is 9.18 Å². The van der Waals surface area contributed by atoms with Gasteiger partial charge in [-0.25, -0.2) is 14.7 Å². The Bertz CT molecular complexity index is 1340. The summed E-state index contributed by atoms with van der Waals surface area (Å²) in [6.07, 6.45) is 3.20. The number of nitrogens with zero attached hydrogens (tertiary/aromatic N) is 2. The SMILES string of the molecule is CONC(=O)c1cc2c(Oc3ccc4c(ccn4C(=O)NCCF)c3)ccnc2cc1OC. The molecule has 2 aromatic carbocycles. The Morgan fingerprint density at radius 3 is 2.70 bits per heavy atom. The van der Waals surface area contributed by atoms with E-state index >= 15 is 0 Å². The number of rotatable bonds is 7. The van der Waals surface area contributed by atoms with Crippen LogP contribution in [-0.2, 0) is 4.84 Å². The summed E-state index contributed by atoms with van der Waals surface area (Å²) >= 11 is 0. The summed E-state index contributed by atoms with van der Waals surface area (Å²) in [5.41, 5.74) is 3.77. The highest BCUT2D eigenvalue weighted by Gasteiger charge is 2.17. The van der Waals surface area contributed by atoms with E-state index in [0.29, 0.717) is 33.7 Å². The Balaban J connectivity index is 1.69.